The molecular weight excluding hydrogens is 205 g/mol. The minimum atomic E-state index is 0.822. The Labute approximate surface area is 48.6 Å². The van der Waals surface area contributed by atoms with Crippen LogP contribution in [0, 0.1) is 0 Å². The van der Waals surface area contributed by atoms with Crippen molar-refractivity contribution in [1.29, 1.82) is 0 Å². The van der Waals surface area contributed by atoms with Crippen molar-refractivity contribution in [3.8, 4) is 0 Å². The maximum atomic E-state index is 4.77. The summed E-state index contributed by atoms with van der Waals surface area (Å²) < 4.78 is 0. The number of rotatable bonds is 0. The van der Waals surface area contributed by atoms with Crippen LogP contribution in [0.25, 0.3) is 0 Å². The van der Waals surface area contributed by atoms with Gasteiger partial charge in [-0.1, -0.05) is 0 Å². The van der Waals surface area contributed by atoms with Gasteiger partial charge in [-0.3, -0.25) is 0 Å². The average molecular weight is 210 g/mol. The quantitative estimate of drug-likeness (QED) is 0.406. The number of alkyl halides is 1. The van der Waals surface area contributed by atoms with E-state index in [1.165, 1.54) is 6.38 Å². The van der Waals surface area contributed by atoms with E-state index in [1.807, 2.05) is 0 Å². The monoisotopic (exact) mass is 208 g/mol. The fraction of sp³-hybridized carbons (Fsp3) is 1.00. The van der Waals surface area contributed by atoms with E-state index in [1.54, 1.807) is 0 Å². The SMILES string of the molecule is CCl.[Cl][SbH2]. The molecule has 0 saturated heterocycles. The predicted molar refractivity (Wildman–Crippen MR) is 26.2 cm³/mol. The van der Waals surface area contributed by atoms with E-state index in [4.69, 9.17) is 8.83 Å². The molecule has 3 heteroatoms. The van der Waals surface area contributed by atoms with E-state index in [2.05, 4.69) is 11.6 Å². The Bertz CT molecular complexity index is 6.00. The van der Waals surface area contributed by atoms with Gasteiger partial charge in [0.1, 0.15) is 0 Å². The van der Waals surface area contributed by atoms with E-state index in [-0.39, 0.29) is 0 Å². The van der Waals surface area contributed by atoms with Gasteiger partial charge < -0.3 is 0 Å². The van der Waals surface area contributed by atoms with Crippen molar-refractivity contribution in [3.63, 3.8) is 0 Å². The van der Waals surface area contributed by atoms with Crippen molar-refractivity contribution in [2.45, 2.75) is 0 Å². The Kier molecular flexibility index (Phi) is 58.7. The van der Waals surface area contributed by atoms with Gasteiger partial charge in [0.15, 0.2) is 0 Å². The Morgan fingerprint density at radius 3 is 1.25 bits per heavy atom. The van der Waals surface area contributed by atoms with Crippen LogP contribution in [-0.2, 0) is 0 Å². The van der Waals surface area contributed by atoms with Gasteiger partial charge in [0.2, 0.25) is 0 Å². The Morgan fingerprint density at radius 1 is 1.25 bits per heavy atom. The first kappa shape index (κ1) is 9.04. The number of halogens is 2. The number of hydrogen-bond acceptors (Lipinski definition) is 0. The number of hydrogen-bond donors (Lipinski definition) is 0. The second-order valence-corrected chi connectivity index (χ2v) is 0. The van der Waals surface area contributed by atoms with Gasteiger partial charge in [-0.25, -0.2) is 0 Å². The summed E-state index contributed by atoms with van der Waals surface area (Å²) in [5.74, 6) is 0. The summed E-state index contributed by atoms with van der Waals surface area (Å²) >= 11 is 5.46. The molecule has 0 radical (unpaired) electrons. The molecule has 0 nitrogen and oxygen atoms in total. The van der Waals surface area contributed by atoms with E-state index < -0.39 is 0 Å². The van der Waals surface area contributed by atoms with Crippen LogP contribution in [0.15, 0.2) is 0 Å². The molecule has 0 fully saturated rings. The van der Waals surface area contributed by atoms with Crippen molar-refractivity contribution in [3.05, 3.63) is 0 Å². The van der Waals surface area contributed by atoms with Gasteiger partial charge >= 0.3 is 30.7 Å². The molecule has 0 aliphatic heterocycles. The third kappa shape index (κ3) is 10.00. The van der Waals surface area contributed by atoms with E-state index >= 15 is 0 Å². The van der Waals surface area contributed by atoms with E-state index in [0.29, 0.717) is 0 Å². The topological polar surface area (TPSA) is 0 Å². The third-order valence-corrected chi connectivity index (χ3v) is 0. The molecule has 0 heterocycles. The van der Waals surface area contributed by atoms with Crippen molar-refractivity contribution < 1.29 is 0 Å². The van der Waals surface area contributed by atoms with Crippen LogP contribution < -0.4 is 0 Å². The van der Waals surface area contributed by atoms with Gasteiger partial charge in [-0.15, -0.1) is 11.6 Å². The molecule has 0 rings (SSSR count). The van der Waals surface area contributed by atoms with Crippen LogP contribution in [0.4, 0.5) is 0 Å². The second-order valence-electron chi connectivity index (χ2n) is 0. The molecule has 0 atom stereocenters. The molecule has 0 bridgehead atoms. The fourth-order valence-corrected chi connectivity index (χ4v) is 0. The second kappa shape index (κ2) is 26.0. The molecule has 0 saturated carbocycles. The van der Waals surface area contributed by atoms with Gasteiger partial charge in [0.05, 0.1) is 0 Å². The molecule has 0 aromatic rings. The Balaban J connectivity index is 0. The summed E-state index contributed by atoms with van der Waals surface area (Å²) in [6.45, 7) is 0. The summed E-state index contributed by atoms with van der Waals surface area (Å²) in [5, 5.41) is 0. The minimum absolute atomic E-state index is 0.822. The van der Waals surface area contributed by atoms with Gasteiger partial charge in [-0.05, 0) is 0 Å². The van der Waals surface area contributed by atoms with Crippen LogP contribution in [0.1, 0.15) is 0 Å². The summed E-state index contributed by atoms with van der Waals surface area (Å²) in [5.41, 5.74) is 0. The average Bonchev–Trinajstić information content (AvgIpc) is 1.50. The first-order valence-corrected chi connectivity index (χ1v) is 5.53. The Morgan fingerprint density at radius 2 is 1.25 bits per heavy atom. The molecular formula is CH5Cl2Sb. The molecule has 0 unspecified atom stereocenters. The molecule has 0 aromatic heterocycles. The summed E-state index contributed by atoms with van der Waals surface area (Å²) in [7, 11) is 4.77. The van der Waals surface area contributed by atoms with E-state index in [9.17, 15) is 0 Å². The zero-order valence-corrected chi connectivity index (χ0v) is 7.14. The summed E-state index contributed by atoms with van der Waals surface area (Å²) in [6.07, 6.45) is 1.47. The molecule has 4 heavy (non-hydrogen) atoms. The van der Waals surface area contributed by atoms with Crippen LogP contribution in [0.5, 0.6) is 0 Å². The maximum absolute atomic E-state index is 4.77. The predicted octanol–water partition coefficient (Wildman–Crippen LogP) is 0.628. The zero-order chi connectivity index (χ0) is 4.00. The zero-order valence-electron chi connectivity index (χ0n) is 2.33. The molecule has 28 valence electrons. The van der Waals surface area contributed by atoms with Crippen molar-refractivity contribution in [2.75, 3.05) is 6.38 Å². The van der Waals surface area contributed by atoms with Crippen LogP contribution >= 0.6 is 20.4 Å². The molecule has 0 spiro atoms. The molecule has 0 aliphatic rings. The van der Waals surface area contributed by atoms with Crippen LogP contribution in [0.2, 0.25) is 0 Å². The summed E-state index contributed by atoms with van der Waals surface area (Å²) in [4.78, 5) is 0. The van der Waals surface area contributed by atoms with Crippen LogP contribution in [0.3, 0.4) is 0 Å². The van der Waals surface area contributed by atoms with Crippen LogP contribution in [-0.4, -0.2) is 28.3 Å². The van der Waals surface area contributed by atoms with Crippen molar-refractivity contribution >= 4 is 42.3 Å². The van der Waals surface area contributed by atoms with Crippen molar-refractivity contribution in [2.24, 2.45) is 0 Å². The van der Waals surface area contributed by atoms with Gasteiger partial charge in [-0.2, -0.15) is 0 Å². The standard InChI is InChI=1S/CH3Cl.ClH.Sb.2H/c1-2;;;;/h1H3;1H;;;/q;;+1;;/p-1. The first-order chi connectivity index (χ1) is 2.00. The molecule has 0 amide bonds. The Hall–Kier alpha value is 1.40. The van der Waals surface area contributed by atoms with Gasteiger partial charge in [0, 0.05) is 6.38 Å². The third-order valence-electron chi connectivity index (χ3n) is 0. The van der Waals surface area contributed by atoms with Gasteiger partial charge in [0.25, 0.3) is 0 Å². The van der Waals surface area contributed by atoms with E-state index in [0.717, 1.165) is 21.9 Å². The molecule has 0 aromatic carbocycles. The van der Waals surface area contributed by atoms with Crippen molar-refractivity contribution in [1.82, 2.24) is 0 Å². The molecule has 0 N–H and O–H groups in total. The first-order valence-electron chi connectivity index (χ1n) is 0.596. The molecule has 0 aliphatic carbocycles. The summed E-state index contributed by atoms with van der Waals surface area (Å²) in [6, 6.07) is 0. The fourth-order valence-electron chi connectivity index (χ4n) is 0. The normalized spacial score (nSPS) is 3.00.